The topological polar surface area (TPSA) is 122 Å². The Kier molecular flexibility index (Phi) is 8.78. The lowest BCUT2D eigenvalue weighted by atomic mass is 9.95. The number of nitrogens with zero attached hydrogens (tertiary/aromatic N) is 7. The summed E-state index contributed by atoms with van der Waals surface area (Å²) in [5, 5.41) is 12.1. The van der Waals surface area contributed by atoms with E-state index in [-0.39, 0.29) is 35.4 Å². The molecule has 6 aromatic rings. The molecule has 0 saturated carbocycles. The second kappa shape index (κ2) is 13.5. The van der Waals surface area contributed by atoms with Crippen molar-refractivity contribution in [3.8, 4) is 16.9 Å². The Balaban J connectivity index is 0.930. The standard InChI is InChI=1S/C36H36FN9O3S2/c1-22-31(34(49)46(42(22)2)25-8-4-3-5-9-25)40-32(48)30-26-10-6-7-11-28(26)50-33(30)39-29(47)21-43-16-18-44(19-17-43)36-41-45-20-27(38-35(45)51-36)23-12-14-24(37)15-13-23/h3-5,8-9,12-15,20H,6-7,10-11,16-19,21H2,1-2H3,(H,39,47)(H,40,48). The van der Waals surface area contributed by atoms with E-state index in [2.05, 4.69) is 25.4 Å². The number of anilines is 3. The van der Waals surface area contributed by atoms with E-state index in [1.807, 2.05) is 36.5 Å². The average molecular weight is 726 g/mol. The Labute approximate surface area is 300 Å². The van der Waals surface area contributed by atoms with Gasteiger partial charge < -0.3 is 15.5 Å². The molecule has 0 bridgehead atoms. The number of carbonyl (C=O) groups is 2. The lowest BCUT2D eigenvalue weighted by Crippen LogP contribution is -2.48. The first kappa shape index (κ1) is 33.0. The number of carbonyl (C=O) groups excluding carboxylic acids is 2. The van der Waals surface area contributed by atoms with Crippen molar-refractivity contribution >= 4 is 55.3 Å². The van der Waals surface area contributed by atoms with Gasteiger partial charge in [-0.3, -0.25) is 24.0 Å². The van der Waals surface area contributed by atoms with E-state index < -0.39 is 0 Å². The van der Waals surface area contributed by atoms with Gasteiger partial charge in [0.15, 0.2) is 0 Å². The predicted molar refractivity (Wildman–Crippen MR) is 198 cm³/mol. The molecule has 1 aliphatic heterocycles. The van der Waals surface area contributed by atoms with Gasteiger partial charge in [0.05, 0.1) is 35.4 Å². The number of aryl methyl sites for hydroxylation is 1. The lowest BCUT2D eigenvalue weighted by molar-refractivity contribution is -0.117. The van der Waals surface area contributed by atoms with E-state index >= 15 is 0 Å². The third kappa shape index (κ3) is 6.36. The molecular formula is C36H36FN9O3S2. The number of halogens is 1. The van der Waals surface area contributed by atoms with Gasteiger partial charge in [-0.1, -0.05) is 29.5 Å². The van der Waals surface area contributed by atoms with Gasteiger partial charge in [-0.05, 0) is 74.6 Å². The van der Waals surface area contributed by atoms with E-state index in [9.17, 15) is 18.8 Å². The summed E-state index contributed by atoms with van der Waals surface area (Å²) in [4.78, 5) is 51.8. The van der Waals surface area contributed by atoms with Gasteiger partial charge in [0, 0.05) is 43.7 Å². The lowest BCUT2D eigenvalue weighted by Gasteiger charge is -2.33. The zero-order chi connectivity index (χ0) is 35.2. The number of benzene rings is 2. The molecule has 5 heterocycles. The van der Waals surface area contributed by atoms with E-state index in [4.69, 9.17) is 5.10 Å². The van der Waals surface area contributed by atoms with Crippen molar-refractivity contribution in [2.45, 2.75) is 32.6 Å². The van der Waals surface area contributed by atoms with Crippen molar-refractivity contribution in [3.63, 3.8) is 0 Å². The largest absolute Gasteiger partial charge is 0.344 e. The fraction of sp³-hybridized carbons (Fsp3) is 0.306. The molecule has 1 aliphatic carbocycles. The van der Waals surface area contributed by atoms with Crippen LogP contribution in [0, 0.1) is 12.7 Å². The number of hydrogen-bond donors (Lipinski definition) is 2. The highest BCUT2D eigenvalue weighted by Crippen LogP contribution is 2.39. The minimum absolute atomic E-state index is 0.181. The SMILES string of the molecule is Cc1c(NC(=O)c2c(NC(=O)CN3CCN(c4nn5cc(-c6ccc(F)cc6)nc5s4)CC3)sc3c2CCCC3)c(=O)n(-c2ccccc2)n1C. The molecule has 51 heavy (non-hydrogen) atoms. The number of thiophene rings is 1. The summed E-state index contributed by atoms with van der Waals surface area (Å²) in [5.74, 6) is -0.853. The van der Waals surface area contributed by atoms with Crippen molar-refractivity contribution in [3.05, 3.63) is 98.7 Å². The van der Waals surface area contributed by atoms with Gasteiger partial charge >= 0.3 is 0 Å². The zero-order valence-corrected chi connectivity index (χ0v) is 29.8. The summed E-state index contributed by atoms with van der Waals surface area (Å²) in [6.45, 7) is 4.75. The smallest absolute Gasteiger partial charge is 0.295 e. The molecule has 8 rings (SSSR count). The second-order valence-electron chi connectivity index (χ2n) is 12.9. The number of hydrogen-bond acceptors (Lipinski definition) is 9. The van der Waals surface area contributed by atoms with Gasteiger partial charge in [0.25, 0.3) is 11.5 Å². The molecule has 4 aromatic heterocycles. The van der Waals surface area contributed by atoms with Crippen molar-refractivity contribution in [1.82, 2.24) is 28.9 Å². The van der Waals surface area contributed by atoms with E-state index in [1.165, 1.54) is 39.5 Å². The molecule has 0 spiro atoms. The maximum atomic E-state index is 14.0. The molecule has 1 saturated heterocycles. The van der Waals surface area contributed by atoms with Crippen LogP contribution >= 0.6 is 22.7 Å². The quantitative estimate of drug-likeness (QED) is 0.217. The molecule has 262 valence electrons. The van der Waals surface area contributed by atoms with Crippen LogP contribution < -0.4 is 21.1 Å². The number of imidazole rings is 1. The summed E-state index contributed by atoms with van der Waals surface area (Å²) in [6.07, 6.45) is 5.46. The molecular weight excluding hydrogens is 690 g/mol. The van der Waals surface area contributed by atoms with Crippen LogP contribution in [-0.4, -0.2) is 73.4 Å². The fourth-order valence-electron chi connectivity index (χ4n) is 6.83. The number of amides is 2. The van der Waals surface area contributed by atoms with Crippen LogP contribution in [0.4, 0.5) is 20.2 Å². The van der Waals surface area contributed by atoms with Crippen LogP contribution in [0.25, 0.3) is 21.9 Å². The highest BCUT2D eigenvalue weighted by Gasteiger charge is 2.29. The third-order valence-electron chi connectivity index (χ3n) is 9.63. The molecule has 2 N–H and O–H groups in total. The van der Waals surface area contributed by atoms with Crippen LogP contribution in [-0.2, 0) is 24.7 Å². The van der Waals surface area contributed by atoms with E-state index in [1.54, 1.807) is 35.3 Å². The van der Waals surface area contributed by atoms with Crippen molar-refractivity contribution in [2.75, 3.05) is 48.3 Å². The number of fused-ring (bicyclic) bond motifs is 2. The Morgan fingerprint density at radius 2 is 1.69 bits per heavy atom. The first-order valence-electron chi connectivity index (χ1n) is 16.9. The monoisotopic (exact) mass is 725 g/mol. The van der Waals surface area contributed by atoms with Crippen LogP contribution in [0.2, 0.25) is 0 Å². The van der Waals surface area contributed by atoms with Crippen molar-refractivity contribution in [1.29, 1.82) is 0 Å². The van der Waals surface area contributed by atoms with Crippen LogP contribution in [0.1, 0.15) is 39.3 Å². The molecule has 12 nitrogen and oxygen atoms in total. The maximum Gasteiger partial charge on any atom is 0.295 e. The molecule has 2 amide bonds. The van der Waals surface area contributed by atoms with Gasteiger partial charge in [-0.15, -0.1) is 16.4 Å². The number of rotatable bonds is 8. The highest BCUT2D eigenvalue weighted by molar-refractivity contribution is 7.20. The first-order chi connectivity index (χ1) is 24.7. The molecule has 1 fully saturated rings. The average Bonchev–Trinajstić information content (AvgIpc) is 3.87. The normalized spacial score (nSPS) is 14.9. The van der Waals surface area contributed by atoms with Gasteiger partial charge in [-0.25, -0.2) is 18.6 Å². The fourth-order valence-corrected chi connectivity index (χ4v) is 9.06. The number of para-hydroxylation sites is 1. The predicted octanol–water partition coefficient (Wildman–Crippen LogP) is 5.35. The van der Waals surface area contributed by atoms with E-state index in [0.717, 1.165) is 57.5 Å². The van der Waals surface area contributed by atoms with Gasteiger partial charge in [-0.2, -0.15) is 0 Å². The molecule has 0 atom stereocenters. The zero-order valence-electron chi connectivity index (χ0n) is 28.2. The summed E-state index contributed by atoms with van der Waals surface area (Å²) in [5.41, 5.74) is 4.23. The van der Waals surface area contributed by atoms with Crippen molar-refractivity contribution < 1.29 is 14.0 Å². The maximum absolute atomic E-state index is 14.0. The van der Waals surface area contributed by atoms with Gasteiger partial charge in [0.2, 0.25) is 16.0 Å². The molecule has 0 unspecified atom stereocenters. The van der Waals surface area contributed by atoms with Crippen LogP contribution in [0.3, 0.4) is 0 Å². The Morgan fingerprint density at radius 1 is 0.941 bits per heavy atom. The van der Waals surface area contributed by atoms with Crippen LogP contribution in [0.5, 0.6) is 0 Å². The Hall–Kier alpha value is -5.12. The first-order valence-corrected chi connectivity index (χ1v) is 18.6. The summed E-state index contributed by atoms with van der Waals surface area (Å²) in [7, 11) is 1.79. The molecule has 0 radical (unpaired) electrons. The molecule has 2 aromatic carbocycles. The number of piperazine rings is 1. The highest BCUT2D eigenvalue weighted by atomic mass is 32.1. The van der Waals surface area contributed by atoms with Gasteiger partial charge in [0.1, 0.15) is 16.5 Å². The van der Waals surface area contributed by atoms with Crippen molar-refractivity contribution in [2.24, 2.45) is 7.05 Å². The second-order valence-corrected chi connectivity index (χ2v) is 14.9. The Morgan fingerprint density at radius 3 is 2.43 bits per heavy atom. The number of aromatic nitrogens is 5. The van der Waals surface area contributed by atoms with E-state index in [0.29, 0.717) is 48.1 Å². The Bertz CT molecular complexity index is 2280. The third-order valence-corrected chi connectivity index (χ3v) is 11.8. The summed E-state index contributed by atoms with van der Waals surface area (Å²) < 4.78 is 18.4. The minimum Gasteiger partial charge on any atom is -0.344 e. The summed E-state index contributed by atoms with van der Waals surface area (Å²) in [6, 6.07) is 15.6. The molecule has 15 heteroatoms. The number of nitrogens with one attached hydrogen (secondary N) is 2. The molecule has 2 aliphatic rings. The van der Waals surface area contributed by atoms with Crippen LogP contribution in [0.15, 0.2) is 65.6 Å². The summed E-state index contributed by atoms with van der Waals surface area (Å²) >= 11 is 2.96. The minimum atomic E-state index is -0.385.